The number of carboxylic acid groups (broad SMARTS) is 1. The highest BCUT2D eigenvalue weighted by molar-refractivity contribution is 5.77. The lowest BCUT2D eigenvalue weighted by Gasteiger charge is -2.17. The summed E-state index contributed by atoms with van der Waals surface area (Å²) in [4.78, 5) is 16.1. The van der Waals surface area contributed by atoms with Crippen molar-refractivity contribution >= 4 is 5.97 Å². The van der Waals surface area contributed by atoms with Gasteiger partial charge in [0.05, 0.1) is 13.0 Å². The van der Waals surface area contributed by atoms with E-state index in [1.807, 2.05) is 84.9 Å². The van der Waals surface area contributed by atoms with Crippen molar-refractivity contribution in [2.75, 3.05) is 6.61 Å². The normalized spacial score (nSPS) is 12.6. The molecule has 37 heavy (non-hydrogen) atoms. The SMILES string of the molecule is O=C(O)Cc1ccc(OCC2CC2)c(-c2ccc(OCc3ccccc3)nc2OCc2ccccc2)c1. The van der Waals surface area contributed by atoms with Gasteiger partial charge in [-0.15, -0.1) is 0 Å². The maximum Gasteiger partial charge on any atom is 0.307 e. The molecule has 0 bridgehead atoms. The summed E-state index contributed by atoms with van der Waals surface area (Å²) in [6.45, 7) is 1.35. The molecular weight excluding hydrogens is 466 g/mol. The average molecular weight is 496 g/mol. The third kappa shape index (κ3) is 6.88. The van der Waals surface area contributed by atoms with E-state index in [9.17, 15) is 9.90 Å². The van der Waals surface area contributed by atoms with E-state index in [1.165, 1.54) is 12.8 Å². The van der Waals surface area contributed by atoms with Gasteiger partial charge < -0.3 is 19.3 Å². The monoisotopic (exact) mass is 495 g/mol. The van der Waals surface area contributed by atoms with Crippen LogP contribution in [0.15, 0.2) is 91.0 Å². The third-order valence-corrected chi connectivity index (χ3v) is 6.14. The zero-order chi connectivity index (χ0) is 25.5. The van der Waals surface area contributed by atoms with Crippen molar-refractivity contribution in [2.24, 2.45) is 5.92 Å². The number of aliphatic carboxylic acids is 1. The molecule has 0 atom stereocenters. The number of nitrogens with zero attached hydrogens (tertiary/aromatic N) is 1. The second-order valence-electron chi connectivity index (χ2n) is 9.21. The number of carboxylic acids is 1. The third-order valence-electron chi connectivity index (χ3n) is 6.14. The molecule has 6 nitrogen and oxygen atoms in total. The summed E-state index contributed by atoms with van der Waals surface area (Å²) >= 11 is 0. The molecule has 1 N–H and O–H groups in total. The van der Waals surface area contributed by atoms with Crippen LogP contribution < -0.4 is 14.2 Å². The smallest absolute Gasteiger partial charge is 0.307 e. The molecule has 0 saturated heterocycles. The predicted octanol–water partition coefficient (Wildman–Crippen LogP) is 6.32. The van der Waals surface area contributed by atoms with Crippen LogP contribution in [0, 0.1) is 5.92 Å². The molecule has 5 rings (SSSR count). The standard InChI is InChI=1S/C31H29NO5/c33-30(34)18-25-13-15-28(35-19-24-11-12-24)27(17-25)26-14-16-29(36-20-22-7-3-1-4-8-22)32-31(26)37-21-23-9-5-2-6-10-23/h1-10,13-17,24H,11-12,18-21H2,(H,33,34). The molecule has 0 spiro atoms. The van der Waals surface area contributed by atoms with E-state index in [0.29, 0.717) is 48.8 Å². The number of hydrogen-bond donors (Lipinski definition) is 1. The molecule has 188 valence electrons. The van der Waals surface area contributed by atoms with Crippen LogP contribution in [0.2, 0.25) is 0 Å². The van der Waals surface area contributed by atoms with Gasteiger partial charge in [-0.1, -0.05) is 66.7 Å². The molecule has 3 aromatic carbocycles. The molecule has 0 amide bonds. The van der Waals surface area contributed by atoms with Gasteiger partial charge in [0.25, 0.3) is 0 Å². The Balaban J connectivity index is 1.48. The highest BCUT2D eigenvalue weighted by Crippen LogP contribution is 2.39. The van der Waals surface area contributed by atoms with Crippen LogP contribution in [0.25, 0.3) is 11.1 Å². The van der Waals surface area contributed by atoms with Crippen molar-refractivity contribution < 1.29 is 24.1 Å². The van der Waals surface area contributed by atoms with Gasteiger partial charge in [-0.05, 0) is 53.6 Å². The lowest BCUT2D eigenvalue weighted by Crippen LogP contribution is -2.05. The van der Waals surface area contributed by atoms with Crippen LogP contribution >= 0.6 is 0 Å². The topological polar surface area (TPSA) is 77.9 Å². The summed E-state index contributed by atoms with van der Waals surface area (Å²) in [7, 11) is 0. The van der Waals surface area contributed by atoms with E-state index in [4.69, 9.17) is 19.2 Å². The number of hydrogen-bond acceptors (Lipinski definition) is 5. The summed E-state index contributed by atoms with van der Waals surface area (Å²) < 4.78 is 18.4. The summed E-state index contributed by atoms with van der Waals surface area (Å²) in [6.07, 6.45) is 2.27. The van der Waals surface area contributed by atoms with E-state index < -0.39 is 5.97 Å². The molecule has 0 radical (unpaired) electrons. The first kappa shape index (κ1) is 24.4. The van der Waals surface area contributed by atoms with Crippen molar-refractivity contribution in [1.82, 2.24) is 4.98 Å². The fourth-order valence-electron chi connectivity index (χ4n) is 3.97. The highest BCUT2D eigenvalue weighted by atomic mass is 16.5. The molecule has 1 aromatic heterocycles. The van der Waals surface area contributed by atoms with Crippen molar-refractivity contribution in [1.29, 1.82) is 0 Å². The van der Waals surface area contributed by atoms with Crippen LogP contribution in [-0.2, 0) is 24.4 Å². The number of rotatable bonds is 12. The Morgan fingerprint density at radius 2 is 1.43 bits per heavy atom. The number of benzene rings is 3. The second kappa shape index (κ2) is 11.6. The number of ether oxygens (including phenoxy) is 3. The quantitative estimate of drug-likeness (QED) is 0.248. The zero-order valence-corrected chi connectivity index (χ0v) is 20.5. The van der Waals surface area contributed by atoms with Crippen LogP contribution in [0.4, 0.5) is 0 Å². The van der Waals surface area contributed by atoms with Gasteiger partial charge in [0.1, 0.15) is 19.0 Å². The van der Waals surface area contributed by atoms with E-state index in [-0.39, 0.29) is 6.42 Å². The van der Waals surface area contributed by atoms with Crippen molar-refractivity contribution in [2.45, 2.75) is 32.5 Å². The lowest BCUT2D eigenvalue weighted by molar-refractivity contribution is -0.136. The number of pyridine rings is 1. The van der Waals surface area contributed by atoms with Gasteiger partial charge in [-0.25, -0.2) is 0 Å². The average Bonchev–Trinajstić information content (AvgIpc) is 3.76. The molecule has 1 aliphatic rings. The van der Waals surface area contributed by atoms with Gasteiger partial charge in [0.2, 0.25) is 11.8 Å². The van der Waals surface area contributed by atoms with Crippen LogP contribution in [0.1, 0.15) is 29.5 Å². The molecule has 1 fully saturated rings. The lowest BCUT2D eigenvalue weighted by atomic mass is 10.0. The van der Waals surface area contributed by atoms with E-state index in [1.54, 1.807) is 6.07 Å². The number of aromatic nitrogens is 1. The Labute approximate surface area is 216 Å². The fourth-order valence-corrected chi connectivity index (χ4v) is 3.97. The molecule has 6 heteroatoms. The molecule has 0 aliphatic heterocycles. The van der Waals surface area contributed by atoms with Gasteiger partial charge in [-0.2, -0.15) is 4.98 Å². The molecule has 0 unspecified atom stereocenters. The van der Waals surface area contributed by atoms with Crippen molar-refractivity contribution in [3.05, 3.63) is 108 Å². The van der Waals surface area contributed by atoms with E-state index >= 15 is 0 Å². The Morgan fingerprint density at radius 3 is 2.08 bits per heavy atom. The minimum Gasteiger partial charge on any atom is -0.493 e. The largest absolute Gasteiger partial charge is 0.493 e. The molecule has 1 saturated carbocycles. The molecular formula is C31H29NO5. The first-order chi connectivity index (χ1) is 18.1. The summed E-state index contributed by atoms with van der Waals surface area (Å²) in [5.41, 5.74) is 4.21. The van der Waals surface area contributed by atoms with Crippen molar-refractivity contribution in [3.63, 3.8) is 0 Å². The first-order valence-corrected chi connectivity index (χ1v) is 12.5. The zero-order valence-electron chi connectivity index (χ0n) is 20.5. The minimum absolute atomic E-state index is 0.0815. The van der Waals surface area contributed by atoms with E-state index in [0.717, 1.165) is 22.3 Å². The second-order valence-corrected chi connectivity index (χ2v) is 9.21. The molecule has 1 heterocycles. The fraction of sp³-hybridized carbons (Fsp3) is 0.226. The van der Waals surface area contributed by atoms with Gasteiger partial charge in [-0.3, -0.25) is 4.79 Å². The maximum atomic E-state index is 11.4. The molecule has 1 aliphatic carbocycles. The Morgan fingerprint density at radius 1 is 0.757 bits per heavy atom. The van der Waals surface area contributed by atoms with Crippen LogP contribution in [-0.4, -0.2) is 22.7 Å². The highest BCUT2D eigenvalue weighted by Gasteiger charge is 2.23. The van der Waals surface area contributed by atoms with Gasteiger partial charge >= 0.3 is 5.97 Å². The predicted molar refractivity (Wildman–Crippen MR) is 141 cm³/mol. The minimum atomic E-state index is -0.888. The Kier molecular flexibility index (Phi) is 7.65. The van der Waals surface area contributed by atoms with Gasteiger partial charge in [0, 0.05) is 17.2 Å². The summed E-state index contributed by atoms with van der Waals surface area (Å²) in [5.74, 6) is 1.22. The van der Waals surface area contributed by atoms with Crippen molar-refractivity contribution in [3.8, 4) is 28.6 Å². The Bertz CT molecular complexity index is 1340. The number of carbonyl (C=O) groups is 1. The van der Waals surface area contributed by atoms with Crippen LogP contribution in [0.3, 0.4) is 0 Å². The first-order valence-electron chi connectivity index (χ1n) is 12.5. The molecule has 4 aromatic rings. The Hall–Kier alpha value is -4.32. The van der Waals surface area contributed by atoms with Gasteiger partial charge in [0.15, 0.2) is 0 Å². The summed E-state index contributed by atoms with van der Waals surface area (Å²) in [5, 5.41) is 9.35. The van der Waals surface area contributed by atoms with E-state index in [2.05, 4.69) is 0 Å². The summed E-state index contributed by atoms with van der Waals surface area (Å²) in [6, 6.07) is 29.0. The van der Waals surface area contributed by atoms with Crippen LogP contribution in [0.5, 0.6) is 17.5 Å². The maximum absolute atomic E-state index is 11.4.